The Labute approximate surface area is 125 Å². The lowest BCUT2D eigenvalue weighted by Crippen LogP contribution is -2.35. The molecule has 1 atom stereocenters. The second kappa shape index (κ2) is 7.26. The van der Waals surface area contributed by atoms with E-state index in [0.29, 0.717) is 6.54 Å². The second-order valence-electron chi connectivity index (χ2n) is 4.52. The van der Waals surface area contributed by atoms with Gasteiger partial charge in [-0.05, 0) is 33.0 Å². The van der Waals surface area contributed by atoms with Crippen LogP contribution in [0.1, 0.15) is 25.7 Å². The van der Waals surface area contributed by atoms with Crippen molar-refractivity contribution in [2.24, 2.45) is 0 Å². The lowest BCUT2D eigenvalue weighted by molar-refractivity contribution is -0.120. The zero-order chi connectivity index (χ0) is 13.8. The number of nitrogens with one attached hydrogen (secondary N) is 2. The lowest BCUT2D eigenvalue weighted by Gasteiger charge is -2.15. The summed E-state index contributed by atoms with van der Waals surface area (Å²) in [4.78, 5) is 16.3. The maximum absolute atomic E-state index is 11.6. The zero-order valence-corrected chi connectivity index (χ0v) is 12.8. The Morgan fingerprint density at radius 3 is 2.75 bits per heavy atom. The highest BCUT2D eigenvalue weighted by Gasteiger charge is 2.16. The number of benzene rings is 1. The van der Waals surface area contributed by atoms with Crippen molar-refractivity contribution in [3.8, 4) is 0 Å². The van der Waals surface area contributed by atoms with Crippen LogP contribution in [0.5, 0.6) is 0 Å². The Morgan fingerprint density at radius 1 is 1.40 bits per heavy atom. The van der Waals surface area contributed by atoms with Crippen LogP contribution in [0.2, 0.25) is 0 Å². The molecule has 1 aromatic carbocycles. The van der Waals surface area contributed by atoms with Gasteiger partial charge in [-0.3, -0.25) is 4.79 Å². The molecular weight excluding hydrogens is 276 g/mol. The molecule has 2 rings (SSSR count). The van der Waals surface area contributed by atoms with Crippen molar-refractivity contribution < 1.29 is 4.79 Å². The Balaban J connectivity index is 0.00000200. The van der Waals surface area contributed by atoms with Crippen molar-refractivity contribution >= 4 is 29.3 Å². The van der Waals surface area contributed by atoms with Crippen molar-refractivity contribution in [1.82, 2.24) is 20.2 Å². The molecule has 1 heterocycles. The SMILES string of the molecule is CCn1c(C(C)NC(=O)CNC)nc2ccccc21.Cl. The first-order valence-electron chi connectivity index (χ1n) is 6.56. The summed E-state index contributed by atoms with van der Waals surface area (Å²) in [7, 11) is 1.76. The molecule has 1 aromatic heterocycles. The van der Waals surface area contributed by atoms with Crippen LogP contribution < -0.4 is 10.6 Å². The Bertz CT molecular complexity index is 582. The Kier molecular flexibility index (Phi) is 5.98. The van der Waals surface area contributed by atoms with Crippen LogP contribution in [0, 0.1) is 0 Å². The van der Waals surface area contributed by atoms with E-state index in [2.05, 4.69) is 33.2 Å². The highest BCUT2D eigenvalue weighted by Crippen LogP contribution is 2.20. The molecule has 0 spiro atoms. The highest BCUT2D eigenvalue weighted by atomic mass is 35.5. The van der Waals surface area contributed by atoms with Gasteiger partial charge >= 0.3 is 0 Å². The molecule has 0 saturated carbocycles. The number of hydrogen-bond donors (Lipinski definition) is 2. The number of halogens is 1. The van der Waals surface area contributed by atoms with E-state index in [-0.39, 0.29) is 24.4 Å². The van der Waals surface area contributed by atoms with Crippen LogP contribution in [0.3, 0.4) is 0 Å². The van der Waals surface area contributed by atoms with Gasteiger partial charge in [-0.25, -0.2) is 4.98 Å². The van der Waals surface area contributed by atoms with Gasteiger partial charge in [-0.15, -0.1) is 12.4 Å². The minimum Gasteiger partial charge on any atom is -0.345 e. The van der Waals surface area contributed by atoms with Crippen molar-refractivity contribution in [3.63, 3.8) is 0 Å². The number of hydrogen-bond acceptors (Lipinski definition) is 3. The van der Waals surface area contributed by atoms with E-state index in [1.165, 1.54) is 0 Å². The van der Waals surface area contributed by atoms with Gasteiger partial charge in [0.2, 0.25) is 5.91 Å². The van der Waals surface area contributed by atoms with E-state index in [4.69, 9.17) is 0 Å². The normalized spacial score (nSPS) is 11.9. The third kappa shape index (κ3) is 3.29. The van der Waals surface area contributed by atoms with Gasteiger partial charge < -0.3 is 15.2 Å². The molecule has 2 N–H and O–H groups in total. The second-order valence-corrected chi connectivity index (χ2v) is 4.52. The number of aromatic nitrogens is 2. The van der Waals surface area contributed by atoms with Gasteiger partial charge in [-0.2, -0.15) is 0 Å². The van der Waals surface area contributed by atoms with Gasteiger partial charge in [0.1, 0.15) is 5.82 Å². The first-order chi connectivity index (χ1) is 9.17. The number of fused-ring (bicyclic) bond motifs is 1. The van der Waals surface area contributed by atoms with Crippen LogP contribution >= 0.6 is 12.4 Å². The summed E-state index contributed by atoms with van der Waals surface area (Å²) in [5.74, 6) is 0.873. The first-order valence-corrected chi connectivity index (χ1v) is 6.56. The molecule has 0 fully saturated rings. The predicted octanol–water partition coefficient (Wildman–Crippen LogP) is 1.87. The number of imidazole rings is 1. The summed E-state index contributed by atoms with van der Waals surface area (Å²) in [5, 5.41) is 5.79. The van der Waals surface area contributed by atoms with E-state index >= 15 is 0 Å². The Hall–Kier alpha value is -1.59. The summed E-state index contributed by atoms with van der Waals surface area (Å²) >= 11 is 0. The molecule has 0 radical (unpaired) electrons. The summed E-state index contributed by atoms with van der Waals surface area (Å²) in [6.45, 7) is 5.19. The summed E-state index contributed by atoms with van der Waals surface area (Å²) in [5.41, 5.74) is 2.07. The third-order valence-electron chi connectivity index (χ3n) is 3.10. The monoisotopic (exact) mass is 296 g/mol. The number of carbonyl (C=O) groups is 1. The standard InChI is InChI=1S/C14H20N4O.ClH/c1-4-18-12-8-6-5-7-11(12)17-14(18)10(2)16-13(19)9-15-3;/h5-8,10,15H,4,9H2,1-3H3,(H,16,19);1H. The summed E-state index contributed by atoms with van der Waals surface area (Å²) in [6, 6.07) is 7.92. The van der Waals surface area contributed by atoms with Crippen LogP contribution in [-0.2, 0) is 11.3 Å². The number of rotatable bonds is 5. The van der Waals surface area contributed by atoms with Crippen molar-refractivity contribution in [1.29, 1.82) is 0 Å². The molecular formula is C14H21ClN4O. The average Bonchev–Trinajstić information content (AvgIpc) is 2.77. The van der Waals surface area contributed by atoms with Crippen LogP contribution in [0.25, 0.3) is 11.0 Å². The molecule has 20 heavy (non-hydrogen) atoms. The number of likely N-dealkylation sites (N-methyl/N-ethyl adjacent to an activating group) is 1. The van der Waals surface area contributed by atoms with Crippen LogP contribution in [-0.4, -0.2) is 29.1 Å². The fourth-order valence-electron chi connectivity index (χ4n) is 2.27. The van der Waals surface area contributed by atoms with E-state index in [0.717, 1.165) is 23.4 Å². The molecule has 2 aromatic rings. The third-order valence-corrected chi connectivity index (χ3v) is 3.10. The fourth-order valence-corrected chi connectivity index (χ4v) is 2.27. The van der Waals surface area contributed by atoms with E-state index in [9.17, 15) is 4.79 Å². The van der Waals surface area contributed by atoms with Crippen molar-refractivity contribution in [2.75, 3.05) is 13.6 Å². The largest absolute Gasteiger partial charge is 0.345 e. The number of carbonyl (C=O) groups excluding carboxylic acids is 1. The average molecular weight is 297 g/mol. The summed E-state index contributed by atoms with van der Waals surface area (Å²) in [6.07, 6.45) is 0. The van der Waals surface area contributed by atoms with Gasteiger partial charge in [0.15, 0.2) is 0 Å². The fraction of sp³-hybridized carbons (Fsp3) is 0.429. The number of para-hydroxylation sites is 2. The van der Waals surface area contributed by atoms with Gasteiger partial charge in [0.25, 0.3) is 0 Å². The number of amides is 1. The van der Waals surface area contributed by atoms with Crippen molar-refractivity contribution in [3.05, 3.63) is 30.1 Å². The highest BCUT2D eigenvalue weighted by molar-refractivity contribution is 5.85. The first kappa shape index (κ1) is 16.5. The lowest BCUT2D eigenvalue weighted by atomic mass is 10.3. The van der Waals surface area contributed by atoms with Gasteiger partial charge in [0, 0.05) is 6.54 Å². The smallest absolute Gasteiger partial charge is 0.234 e. The van der Waals surface area contributed by atoms with E-state index < -0.39 is 0 Å². The van der Waals surface area contributed by atoms with E-state index in [1.807, 2.05) is 25.1 Å². The quantitative estimate of drug-likeness (QED) is 0.885. The minimum atomic E-state index is -0.104. The van der Waals surface area contributed by atoms with E-state index in [1.54, 1.807) is 7.05 Å². The molecule has 110 valence electrons. The molecule has 0 aliphatic heterocycles. The number of nitrogens with zero attached hydrogens (tertiary/aromatic N) is 2. The molecule has 1 amide bonds. The molecule has 6 heteroatoms. The van der Waals surface area contributed by atoms with Crippen LogP contribution in [0.4, 0.5) is 0 Å². The Morgan fingerprint density at radius 2 is 2.10 bits per heavy atom. The molecule has 0 aliphatic carbocycles. The topological polar surface area (TPSA) is 59.0 Å². The van der Waals surface area contributed by atoms with Gasteiger partial charge in [0.05, 0.1) is 23.6 Å². The van der Waals surface area contributed by atoms with Crippen LogP contribution in [0.15, 0.2) is 24.3 Å². The zero-order valence-electron chi connectivity index (χ0n) is 12.0. The molecule has 5 nitrogen and oxygen atoms in total. The minimum absolute atomic E-state index is 0. The molecule has 1 unspecified atom stereocenters. The summed E-state index contributed by atoms with van der Waals surface area (Å²) < 4.78 is 2.14. The maximum atomic E-state index is 11.6. The molecule has 0 aliphatic rings. The predicted molar refractivity (Wildman–Crippen MR) is 83.1 cm³/mol. The molecule has 0 bridgehead atoms. The molecule has 0 saturated heterocycles. The van der Waals surface area contributed by atoms with Gasteiger partial charge in [-0.1, -0.05) is 12.1 Å². The number of aryl methyl sites for hydroxylation is 1. The van der Waals surface area contributed by atoms with Crippen molar-refractivity contribution in [2.45, 2.75) is 26.4 Å². The maximum Gasteiger partial charge on any atom is 0.234 e.